The Kier molecular flexibility index (Phi) is 5.62. The van der Waals surface area contributed by atoms with E-state index < -0.39 is 10.0 Å². The first-order valence-electron chi connectivity index (χ1n) is 7.33. The van der Waals surface area contributed by atoms with Gasteiger partial charge in [0.05, 0.1) is 12.4 Å². The molecule has 2 aliphatic rings. The maximum absolute atomic E-state index is 12.3. The van der Waals surface area contributed by atoms with Gasteiger partial charge in [-0.05, 0) is 38.1 Å². The van der Waals surface area contributed by atoms with Gasteiger partial charge < -0.3 is 10.1 Å². The summed E-state index contributed by atoms with van der Waals surface area (Å²) >= 11 is 0. The van der Waals surface area contributed by atoms with Crippen LogP contribution in [-0.4, -0.2) is 57.9 Å². The van der Waals surface area contributed by atoms with Crippen molar-refractivity contribution in [3.05, 3.63) is 0 Å². The maximum Gasteiger partial charge on any atom is 0.215 e. The zero-order valence-corrected chi connectivity index (χ0v) is 12.6. The fraction of sp³-hybridized carbons (Fsp3) is 1.00. The highest BCUT2D eigenvalue weighted by molar-refractivity contribution is 7.89. The summed E-state index contributed by atoms with van der Waals surface area (Å²) in [6.45, 7) is 3.05. The Bertz CT molecular complexity index is 360. The quantitative estimate of drug-likeness (QED) is 0.814. The molecule has 0 aromatic heterocycles. The van der Waals surface area contributed by atoms with Crippen LogP contribution in [0.2, 0.25) is 0 Å². The Morgan fingerprint density at radius 1 is 1.26 bits per heavy atom. The molecule has 2 heterocycles. The summed E-state index contributed by atoms with van der Waals surface area (Å²) in [7, 11) is -1.44. The molecular weight excluding hydrogens is 264 g/mol. The van der Waals surface area contributed by atoms with Crippen molar-refractivity contribution in [1.82, 2.24) is 9.62 Å². The molecule has 6 heteroatoms. The highest BCUT2D eigenvalue weighted by Gasteiger charge is 2.27. The first-order chi connectivity index (χ1) is 9.08. The SMILES string of the molecule is CN(CC1CCCOC1)S(=O)(=O)CC1CCCCN1. The van der Waals surface area contributed by atoms with Gasteiger partial charge in [0.2, 0.25) is 10.0 Å². The van der Waals surface area contributed by atoms with Crippen LogP contribution < -0.4 is 5.32 Å². The van der Waals surface area contributed by atoms with Crippen LogP contribution >= 0.6 is 0 Å². The van der Waals surface area contributed by atoms with Crippen molar-refractivity contribution in [3.63, 3.8) is 0 Å². The molecule has 2 rings (SSSR count). The average molecular weight is 290 g/mol. The molecule has 2 aliphatic heterocycles. The van der Waals surface area contributed by atoms with Gasteiger partial charge in [-0.2, -0.15) is 0 Å². The van der Waals surface area contributed by atoms with E-state index in [1.807, 2.05) is 0 Å². The molecule has 0 aromatic rings. The predicted molar refractivity (Wildman–Crippen MR) is 75.6 cm³/mol. The molecule has 2 atom stereocenters. The molecule has 112 valence electrons. The van der Waals surface area contributed by atoms with Crippen molar-refractivity contribution in [2.75, 3.05) is 39.1 Å². The molecule has 0 saturated carbocycles. The number of rotatable bonds is 5. The van der Waals surface area contributed by atoms with E-state index in [4.69, 9.17) is 4.74 Å². The second kappa shape index (κ2) is 7.02. The minimum Gasteiger partial charge on any atom is -0.381 e. The summed E-state index contributed by atoms with van der Waals surface area (Å²) < 4.78 is 31.6. The zero-order chi connectivity index (χ0) is 13.7. The molecule has 0 aliphatic carbocycles. The average Bonchev–Trinajstić information content (AvgIpc) is 2.40. The first kappa shape index (κ1) is 15.2. The van der Waals surface area contributed by atoms with E-state index in [9.17, 15) is 8.42 Å². The molecule has 2 unspecified atom stereocenters. The molecule has 0 aromatic carbocycles. The van der Waals surface area contributed by atoms with Gasteiger partial charge in [0.15, 0.2) is 0 Å². The third-order valence-electron chi connectivity index (χ3n) is 4.07. The summed E-state index contributed by atoms with van der Waals surface area (Å²) in [6.07, 6.45) is 5.38. The maximum atomic E-state index is 12.3. The van der Waals surface area contributed by atoms with Crippen LogP contribution in [0.1, 0.15) is 32.1 Å². The lowest BCUT2D eigenvalue weighted by Gasteiger charge is -2.29. The Hall–Kier alpha value is -0.170. The van der Waals surface area contributed by atoms with Gasteiger partial charge in [-0.3, -0.25) is 0 Å². The Morgan fingerprint density at radius 2 is 2.11 bits per heavy atom. The Balaban J connectivity index is 1.83. The molecule has 2 saturated heterocycles. The third-order valence-corrected chi connectivity index (χ3v) is 5.99. The van der Waals surface area contributed by atoms with E-state index in [1.54, 1.807) is 7.05 Å². The van der Waals surface area contributed by atoms with E-state index in [1.165, 1.54) is 4.31 Å². The molecule has 0 amide bonds. The fourth-order valence-electron chi connectivity index (χ4n) is 2.88. The summed E-state index contributed by atoms with van der Waals surface area (Å²) in [5.41, 5.74) is 0. The lowest BCUT2D eigenvalue weighted by molar-refractivity contribution is 0.0495. The molecule has 1 N–H and O–H groups in total. The van der Waals surface area contributed by atoms with Crippen molar-refractivity contribution < 1.29 is 13.2 Å². The Labute approximate surface area is 116 Å². The molecule has 2 fully saturated rings. The number of piperidine rings is 1. The standard InChI is InChI=1S/C13H26N2O3S/c1-15(9-12-5-4-8-18-10-12)19(16,17)11-13-6-2-3-7-14-13/h12-14H,2-11H2,1H3. The van der Waals surface area contributed by atoms with E-state index >= 15 is 0 Å². The summed E-state index contributed by atoms with van der Waals surface area (Å²) in [5, 5.41) is 3.30. The number of nitrogens with zero attached hydrogens (tertiary/aromatic N) is 1. The third kappa shape index (κ3) is 4.70. The first-order valence-corrected chi connectivity index (χ1v) is 8.94. The second-order valence-electron chi connectivity index (χ2n) is 5.79. The van der Waals surface area contributed by atoms with Crippen LogP contribution in [-0.2, 0) is 14.8 Å². The molecule has 5 nitrogen and oxygen atoms in total. The summed E-state index contributed by atoms with van der Waals surface area (Å²) in [4.78, 5) is 0. The van der Waals surface area contributed by atoms with Crippen molar-refractivity contribution >= 4 is 10.0 Å². The number of ether oxygens (including phenoxy) is 1. The molecule has 0 spiro atoms. The monoisotopic (exact) mass is 290 g/mol. The molecular formula is C13H26N2O3S. The molecule has 0 bridgehead atoms. The highest BCUT2D eigenvalue weighted by atomic mass is 32.2. The molecule has 19 heavy (non-hydrogen) atoms. The van der Waals surface area contributed by atoms with Gasteiger partial charge in [-0.15, -0.1) is 0 Å². The van der Waals surface area contributed by atoms with Crippen LogP contribution in [0.5, 0.6) is 0 Å². The fourth-order valence-corrected chi connectivity index (χ4v) is 4.36. The van der Waals surface area contributed by atoms with Gasteiger partial charge in [0.1, 0.15) is 0 Å². The van der Waals surface area contributed by atoms with Crippen molar-refractivity contribution in [2.24, 2.45) is 5.92 Å². The summed E-state index contributed by atoms with van der Waals surface area (Å²) in [6, 6.07) is 0.129. The lowest BCUT2D eigenvalue weighted by Crippen LogP contribution is -2.44. The number of hydrogen-bond donors (Lipinski definition) is 1. The summed E-state index contributed by atoms with van der Waals surface area (Å²) in [5.74, 6) is 0.588. The van der Waals surface area contributed by atoms with Crippen molar-refractivity contribution in [1.29, 1.82) is 0 Å². The van der Waals surface area contributed by atoms with Crippen LogP contribution in [0, 0.1) is 5.92 Å². The number of hydrogen-bond acceptors (Lipinski definition) is 4. The van der Waals surface area contributed by atoms with Gasteiger partial charge in [0, 0.05) is 26.2 Å². The van der Waals surface area contributed by atoms with E-state index in [0.717, 1.165) is 45.3 Å². The van der Waals surface area contributed by atoms with Gasteiger partial charge >= 0.3 is 0 Å². The predicted octanol–water partition coefficient (Wildman–Crippen LogP) is 0.817. The van der Waals surface area contributed by atoms with E-state index in [-0.39, 0.29) is 11.8 Å². The minimum atomic E-state index is -3.14. The normalized spacial score (nSPS) is 29.6. The number of nitrogens with one attached hydrogen (secondary N) is 1. The largest absolute Gasteiger partial charge is 0.381 e. The van der Waals surface area contributed by atoms with Crippen LogP contribution in [0.4, 0.5) is 0 Å². The zero-order valence-electron chi connectivity index (χ0n) is 11.8. The van der Waals surface area contributed by atoms with Crippen LogP contribution in [0.3, 0.4) is 0 Å². The van der Waals surface area contributed by atoms with E-state index in [2.05, 4.69) is 5.32 Å². The number of sulfonamides is 1. The topological polar surface area (TPSA) is 58.6 Å². The molecule has 0 radical (unpaired) electrons. The highest BCUT2D eigenvalue weighted by Crippen LogP contribution is 2.17. The van der Waals surface area contributed by atoms with Gasteiger partial charge in [-0.25, -0.2) is 12.7 Å². The second-order valence-corrected chi connectivity index (χ2v) is 7.91. The minimum absolute atomic E-state index is 0.129. The Morgan fingerprint density at radius 3 is 2.74 bits per heavy atom. The smallest absolute Gasteiger partial charge is 0.215 e. The van der Waals surface area contributed by atoms with Gasteiger partial charge in [0.25, 0.3) is 0 Å². The van der Waals surface area contributed by atoms with Crippen molar-refractivity contribution in [2.45, 2.75) is 38.1 Å². The van der Waals surface area contributed by atoms with Crippen LogP contribution in [0.25, 0.3) is 0 Å². The lowest BCUT2D eigenvalue weighted by atomic mass is 10.0. The van der Waals surface area contributed by atoms with Crippen LogP contribution in [0.15, 0.2) is 0 Å². The van der Waals surface area contributed by atoms with E-state index in [0.29, 0.717) is 19.1 Å². The van der Waals surface area contributed by atoms with Gasteiger partial charge in [-0.1, -0.05) is 6.42 Å². The van der Waals surface area contributed by atoms with Crippen molar-refractivity contribution in [3.8, 4) is 0 Å².